The zero-order chi connectivity index (χ0) is 13.5. The number of benzene rings is 1. The topological polar surface area (TPSA) is 72.2 Å². The Balaban J connectivity index is 2.47. The van der Waals surface area contributed by atoms with Crippen molar-refractivity contribution >= 4 is 11.6 Å². The van der Waals surface area contributed by atoms with Crippen molar-refractivity contribution in [3.8, 4) is 0 Å². The van der Waals surface area contributed by atoms with E-state index >= 15 is 0 Å². The predicted molar refractivity (Wildman–Crippen MR) is 62.3 cm³/mol. The normalized spacial score (nSPS) is 21.7. The van der Waals surface area contributed by atoms with Crippen LogP contribution >= 0.6 is 0 Å². The van der Waals surface area contributed by atoms with Gasteiger partial charge in [-0.25, -0.2) is 4.39 Å². The van der Waals surface area contributed by atoms with Crippen LogP contribution < -0.4 is 5.32 Å². The van der Waals surface area contributed by atoms with Crippen LogP contribution in [0.4, 0.5) is 10.1 Å². The minimum Gasteiger partial charge on any atom is -0.349 e. The zero-order valence-corrected chi connectivity index (χ0v) is 10.1. The highest BCUT2D eigenvalue weighted by Crippen LogP contribution is 2.42. The van der Waals surface area contributed by atoms with Gasteiger partial charge in [-0.05, 0) is 11.5 Å². The summed E-state index contributed by atoms with van der Waals surface area (Å²) in [5, 5.41) is 13.4. The molecule has 1 aliphatic rings. The number of nitro benzene ring substituents is 1. The average molecular weight is 252 g/mol. The van der Waals surface area contributed by atoms with E-state index in [1.807, 2.05) is 13.8 Å². The van der Waals surface area contributed by atoms with E-state index in [1.165, 1.54) is 6.07 Å². The van der Waals surface area contributed by atoms with E-state index in [0.29, 0.717) is 0 Å². The number of hydrogen-bond donors (Lipinski definition) is 1. The number of halogens is 1. The molecule has 0 aromatic heterocycles. The van der Waals surface area contributed by atoms with Crippen molar-refractivity contribution in [1.29, 1.82) is 0 Å². The second-order valence-electron chi connectivity index (χ2n) is 5.13. The Bertz CT molecular complexity index is 528. The maximum absolute atomic E-state index is 13.8. The van der Waals surface area contributed by atoms with Gasteiger partial charge >= 0.3 is 0 Å². The Morgan fingerprint density at radius 1 is 1.50 bits per heavy atom. The van der Waals surface area contributed by atoms with E-state index in [2.05, 4.69) is 5.32 Å². The molecule has 96 valence electrons. The van der Waals surface area contributed by atoms with Crippen LogP contribution in [0.5, 0.6) is 0 Å². The van der Waals surface area contributed by atoms with Crippen molar-refractivity contribution < 1.29 is 14.1 Å². The van der Waals surface area contributed by atoms with Crippen molar-refractivity contribution in [2.45, 2.75) is 26.3 Å². The molecule has 0 spiro atoms. The molecule has 18 heavy (non-hydrogen) atoms. The summed E-state index contributed by atoms with van der Waals surface area (Å²) in [5.74, 6) is -0.711. The zero-order valence-electron chi connectivity index (χ0n) is 10.1. The number of nitrogens with zero attached hydrogens (tertiary/aromatic N) is 1. The van der Waals surface area contributed by atoms with Gasteiger partial charge < -0.3 is 5.32 Å². The molecule has 1 aliphatic heterocycles. The average Bonchev–Trinajstić information content (AvgIpc) is 2.52. The van der Waals surface area contributed by atoms with Crippen molar-refractivity contribution in [3.63, 3.8) is 0 Å². The van der Waals surface area contributed by atoms with Crippen LogP contribution in [0.3, 0.4) is 0 Å². The minimum absolute atomic E-state index is 0.167. The summed E-state index contributed by atoms with van der Waals surface area (Å²) >= 11 is 0. The lowest BCUT2D eigenvalue weighted by molar-refractivity contribution is -0.385. The second-order valence-corrected chi connectivity index (χ2v) is 5.13. The van der Waals surface area contributed by atoms with Gasteiger partial charge in [0.25, 0.3) is 5.69 Å². The minimum atomic E-state index is -0.577. The smallest absolute Gasteiger partial charge is 0.269 e. The van der Waals surface area contributed by atoms with E-state index < -0.39 is 22.2 Å². The van der Waals surface area contributed by atoms with Gasteiger partial charge in [-0.3, -0.25) is 14.9 Å². The van der Waals surface area contributed by atoms with Gasteiger partial charge in [-0.15, -0.1) is 0 Å². The molecule has 1 saturated heterocycles. The second kappa shape index (κ2) is 4.04. The Labute approximate surface area is 103 Å². The number of non-ortho nitro benzene ring substituents is 1. The van der Waals surface area contributed by atoms with E-state index in [1.54, 1.807) is 0 Å². The number of rotatable bonds is 2. The molecule has 0 aliphatic carbocycles. The highest BCUT2D eigenvalue weighted by atomic mass is 19.1. The van der Waals surface area contributed by atoms with E-state index in [-0.39, 0.29) is 23.6 Å². The lowest BCUT2D eigenvalue weighted by atomic mass is 9.81. The Morgan fingerprint density at radius 2 is 2.17 bits per heavy atom. The van der Waals surface area contributed by atoms with Crippen LogP contribution in [-0.2, 0) is 4.79 Å². The molecule has 2 rings (SSSR count). The number of hydrogen-bond acceptors (Lipinski definition) is 3. The molecule has 1 fully saturated rings. The molecule has 0 bridgehead atoms. The molecule has 1 aromatic carbocycles. The molecule has 5 nitrogen and oxygen atoms in total. The van der Waals surface area contributed by atoms with Gasteiger partial charge in [0, 0.05) is 24.1 Å². The number of nitro groups is 1. The van der Waals surface area contributed by atoms with Crippen molar-refractivity contribution in [2.24, 2.45) is 5.41 Å². The largest absolute Gasteiger partial charge is 0.349 e. The third-order valence-corrected chi connectivity index (χ3v) is 3.20. The van der Waals surface area contributed by atoms with Crippen LogP contribution in [-0.4, -0.2) is 10.8 Å². The van der Waals surface area contributed by atoms with Gasteiger partial charge in [0.05, 0.1) is 11.0 Å². The van der Waals surface area contributed by atoms with E-state index in [9.17, 15) is 19.3 Å². The van der Waals surface area contributed by atoms with Gasteiger partial charge in [0.2, 0.25) is 5.91 Å². The number of carbonyl (C=O) groups is 1. The lowest BCUT2D eigenvalue weighted by Gasteiger charge is -2.25. The summed E-state index contributed by atoms with van der Waals surface area (Å²) in [6, 6.07) is 2.83. The molecular weight excluding hydrogens is 239 g/mol. The first kappa shape index (κ1) is 12.5. The first-order chi connectivity index (χ1) is 8.31. The predicted octanol–water partition coefficient (Wildman–Crippen LogP) is 2.32. The maximum atomic E-state index is 13.8. The fraction of sp³-hybridized carbons (Fsp3) is 0.417. The number of nitrogens with one attached hydrogen (secondary N) is 1. The van der Waals surface area contributed by atoms with Crippen molar-refractivity contribution in [1.82, 2.24) is 5.32 Å². The molecule has 0 saturated carbocycles. The number of amides is 1. The lowest BCUT2D eigenvalue weighted by Crippen LogP contribution is -2.25. The Hall–Kier alpha value is -1.98. The molecule has 1 unspecified atom stereocenters. The molecule has 0 radical (unpaired) electrons. The highest BCUT2D eigenvalue weighted by molar-refractivity contribution is 5.80. The molecule has 1 amide bonds. The first-order valence-corrected chi connectivity index (χ1v) is 5.54. The first-order valence-electron chi connectivity index (χ1n) is 5.54. The monoisotopic (exact) mass is 252 g/mol. The fourth-order valence-electron chi connectivity index (χ4n) is 2.29. The molecule has 1 atom stereocenters. The fourth-order valence-corrected chi connectivity index (χ4v) is 2.29. The maximum Gasteiger partial charge on any atom is 0.269 e. The molecule has 1 N–H and O–H groups in total. The van der Waals surface area contributed by atoms with Crippen LogP contribution in [0, 0.1) is 21.3 Å². The van der Waals surface area contributed by atoms with Gasteiger partial charge in [0.15, 0.2) is 0 Å². The van der Waals surface area contributed by atoms with E-state index in [0.717, 1.165) is 12.1 Å². The molecular formula is C12H13FN2O3. The standard InChI is InChI=1S/C12H13FN2O3/c1-12(2)6-10(16)14-11(12)8-5-7(15(17)18)3-4-9(8)13/h3-5,11H,6H2,1-2H3,(H,14,16). The summed E-state index contributed by atoms with van der Waals surface area (Å²) in [6.45, 7) is 3.65. The van der Waals surface area contributed by atoms with Crippen LogP contribution in [0.1, 0.15) is 31.9 Å². The Kier molecular flexibility index (Phi) is 2.80. The molecule has 6 heteroatoms. The van der Waals surface area contributed by atoms with Crippen LogP contribution in [0.2, 0.25) is 0 Å². The SMILES string of the molecule is CC1(C)CC(=O)NC1c1cc([N+](=O)[O-])ccc1F. The highest BCUT2D eigenvalue weighted by Gasteiger charge is 2.41. The van der Waals surface area contributed by atoms with E-state index in [4.69, 9.17) is 0 Å². The van der Waals surface area contributed by atoms with Gasteiger partial charge in [-0.1, -0.05) is 13.8 Å². The third kappa shape index (κ3) is 2.05. The van der Waals surface area contributed by atoms with Crippen molar-refractivity contribution in [2.75, 3.05) is 0 Å². The third-order valence-electron chi connectivity index (χ3n) is 3.20. The summed E-state index contributed by atoms with van der Waals surface area (Å²) in [4.78, 5) is 21.5. The molecule has 1 aromatic rings. The van der Waals surface area contributed by atoms with Crippen molar-refractivity contribution in [3.05, 3.63) is 39.7 Å². The summed E-state index contributed by atoms with van der Waals surface area (Å²) in [7, 11) is 0. The van der Waals surface area contributed by atoms with Gasteiger partial charge in [0.1, 0.15) is 5.82 Å². The van der Waals surface area contributed by atoms with Crippen LogP contribution in [0.25, 0.3) is 0 Å². The van der Waals surface area contributed by atoms with Crippen LogP contribution in [0.15, 0.2) is 18.2 Å². The summed E-state index contributed by atoms with van der Waals surface area (Å²) in [6.07, 6.45) is 0.278. The van der Waals surface area contributed by atoms with Gasteiger partial charge in [-0.2, -0.15) is 0 Å². The Morgan fingerprint density at radius 3 is 2.67 bits per heavy atom. The summed E-state index contributed by atoms with van der Waals surface area (Å²) in [5.41, 5.74) is -0.476. The quantitative estimate of drug-likeness (QED) is 0.648. The molecule has 1 heterocycles. The summed E-state index contributed by atoms with van der Waals surface area (Å²) < 4.78 is 13.8. The number of carbonyl (C=O) groups excluding carboxylic acids is 1.